The predicted molar refractivity (Wildman–Crippen MR) is 97.3 cm³/mol. The summed E-state index contributed by atoms with van der Waals surface area (Å²) >= 11 is 0. The van der Waals surface area contributed by atoms with E-state index in [1.54, 1.807) is 25.3 Å². The zero-order chi connectivity index (χ0) is 18.2. The van der Waals surface area contributed by atoms with Gasteiger partial charge in [-0.15, -0.1) is 0 Å². The predicted octanol–water partition coefficient (Wildman–Crippen LogP) is 3.68. The molecule has 0 aromatic heterocycles. The standard InChI is InChI=1S/C20H23NO4/c1-14-5-4-6-18(11-14)25-13-16(22)7-10-20(23)21-19-9-8-17(24-3)12-15(19)2/h4-6,8-9,11-12H,7,10,13H2,1-3H3,(H,21,23). The van der Waals surface area contributed by atoms with Crippen LogP contribution in [0.2, 0.25) is 0 Å². The average Bonchev–Trinajstić information content (AvgIpc) is 2.60. The molecule has 1 amide bonds. The third kappa shape index (κ3) is 5.95. The van der Waals surface area contributed by atoms with Crippen LogP contribution in [0.1, 0.15) is 24.0 Å². The lowest BCUT2D eigenvalue weighted by atomic mass is 10.1. The monoisotopic (exact) mass is 341 g/mol. The van der Waals surface area contributed by atoms with Crippen molar-refractivity contribution in [2.45, 2.75) is 26.7 Å². The van der Waals surface area contributed by atoms with Crippen molar-refractivity contribution in [2.24, 2.45) is 0 Å². The maximum atomic E-state index is 12.0. The van der Waals surface area contributed by atoms with Gasteiger partial charge in [0.05, 0.1) is 7.11 Å². The number of aryl methyl sites for hydroxylation is 2. The minimum Gasteiger partial charge on any atom is -0.497 e. The Morgan fingerprint density at radius 2 is 1.80 bits per heavy atom. The summed E-state index contributed by atoms with van der Waals surface area (Å²) in [5.74, 6) is 1.09. The van der Waals surface area contributed by atoms with Gasteiger partial charge in [-0.05, 0) is 55.3 Å². The van der Waals surface area contributed by atoms with Gasteiger partial charge in [0, 0.05) is 18.5 Å². The molecular formula is C20H23NO4. The molecule has 2 rings (SSSR count). The number of anilines is 1. The Morgan fingerprint density at radius 3 is 2.48 bits per heavy atom. The van der Waals surface area contributed by atoms with E-state index in [2.05, 4.69) is 5.32 Å². The second-order valence-corrected chi connectivity index (χ2v) is 5.87. The van der Waals surface area contributed by atoms with E-state index in [0.717, 1.165) is 16.9 Å². The summed E-state index contributed by atoms with van der Waals surface area (Å²) in [7, 11) is 1.59. The highest BCUT2D eigenvalue weighted by Crippen LogP contribution is 2.21. The average molecular weight is 341 g/mol. The molecule has 0 unspecified atom stereocenters. The number of hydrogen-bond donors (Lipinski definition) is 1. The van der Waals surface area contributed by atoms with Gasteiger partial charge in [-0.2, -0.15) is 0 Å². The third-order valence-electron chi connectivity index (χ3n) is 3.73. The van der Waals surface area contributed by atoms with E-state index in [0.29, 0.717) is 11.4 Å². The van der Waals surface area contributed by atoms with Gasteiger partial charge in [0.25, 0.3) is 0 Å². The lowest BCUT2D eigenvalue weighted by molar-refractivity contribution is -0.124. The van der Waals surface area contributed by atoms with E-state index >= 15 is 0 Å². The zero-order valence-corrected chi connectivity index (χ0v) is 14.8. The lowest BCUT2D eigenvalue weighted by Crippen LogP contribution is -2.17. The van der Waals surface area contributed by atoms with Crippen molar-refractivity contribution in [3.8, 4) is 11.5 Å². The summed E-state index contributed by atoms with van der Waals surface area (Å²) in [6, 6.07) is 12.9. The molecule has 0 spiro atoms. The van der Waals surface area contributed by atoms with Crippen molar-refractivity contribution in [1.82, 2.24) is 0 Å². The van der Waals surface area contributed by atoms with Gasteiger partial charge in [-0.1, -0.05) is 12.1 Å². The maximum absolute atomic E-state index is 12.0. The van der Waals surface area contributed by atoms with Crippen LogP contribution in [0, 0.1) is 13.8 Å². The van der Waals surface area contributed by atoms with Crippen molar-refractivity contribution in [3.63, 3.8) is 0 Å². The van der Waals surface area contributed by atoms with Crippen molar-refractivity contribution in [3.05, 3.63) is 53.6 Å². The number of Topliss-reactive ketones (excluding diaryl/α,β-unsaturated/α-hetero) is 1. The van der Waals surface area contributed by atoms with Crippen LogP contribution in [0.5, 0.6) is 11.5 Å². The van der Waals surface area contributed by atoms with Crippen molar-refractivity contribution >= 4 is 17.4 Å². The first-order chi connectivity index (χ1) is 12.0. The molecule has 5 heteroatoms. The van der Waals surface area contributed by atoms with Gasteiger partial charge in [0.1, 0.15) is 18.1 Å². The molecule has 0 aliphatic heterocycles. The Morgan fingerprint density at radius 1 is 1.00 bits per heavy atom. The number of amides is 1. The molecule has 25 heavy (non-hydrogen) atoms. The minimum atomic E-state index is -0.197. The summed E-state index contributed by atoms with van der Waals surface area (Å²) in [4.78, 5) is 23.9. The molecule has 2 aromatic carbocycles. The molecule has 0 saturated carbocycles. The molecule has 132 valence electrons. The molecule has 2 aromatic rings. The fourth-order valence-corrected chi connectivity index (χ4v) is 2.31. The molecule has 1 N–H and O–H groups in total. The quantitative estimate of drug-likeness (QED) is 0.795. The number of ether oxygens (including phenoxy) is 2. The van der Waals surface area contributed by atoms with Gasteiger partial charge in [0.2, 0.25) is 5.91 Å². The summed E-state index contributed by atoms with van der Waals surface area (Å²) < 4.78 is 10.6. The van der Waals surface area contributed by atoms with E-state index in [1.807, 2.05) is 38.1 Å². The van der Waals surface area contributed by atoms with Crippen LogP contribution in [0.4, 0.5) is 5.69 Å². The molecule has 0 heterocycles. The fraction of sp³-hybridized carbons (Fsp3) is 0.300. The lowest BCUT2D eigenvalue weighted by Gasteiger charge is -2.10. The first-order valence-electron chi connectivity index (χ1n) is 8.13. The van der Waals surface area contributed by atoms with Crippen molar-refractivity contribution < 1.29 is 19.1 Å². The number of carbonyl (C=O) groups is 2. The molecule has 0 aliphatic rings. The van der Waals surface area contributed by atoms with Crippen LogP contribution in [0.15, 0.2) is 42.5 Å². The molecular weight excluding hydrogens is 318 g/mol. The van der Waals surface area contributed by atoms with Crippen LogP contribution in [0.3, 0.4) is 0 Å². The Balaban J connectivity index is 1.76. The number of hydrogen-bond acceptors (Lipinski definition) is 4. The minimum absolute atomic E-state index is 0.0295. The number of carbonyl (C=O) groups excluding carboxylic acids is 2. The smallest absolute Gasteiger partial charge is 0.224 e. The molecule has 0 bridgehead atoms. The van der Waals surface area contributed by atoms with E-state index in [1.165, 1.54) is 0 Å². The molecule has 0 saturated heterocycles. The summed E-state index contributed by atoms with van der Waals surface area (Å²) in [6.45, 7) is 3.82. The van der Waals surface area contributed by atoms with Crippen molar-refractivity contribution in [1.29, 1.82) is 0 Å². The van der Waals surface area contributed by atoms with Gasteiger partial charge in [-0.25, -0.2) is 0 Å². The Bertz CT molecular complexity index is 755. The van der Waals surface area contributed by atoms with Crippen LogP contribution < -0.4 is 14.8 Å². The number of methoxy groups -OCH3 is 1. The van der Waals surface area contributed by atoms with Crippen LogP contribution in [0.25, 0.3) is 0 Å². The second kappa shape index (κ2) is 8.87. The number of rotatable bonds is 8. The number of benzene rings is 2. The second-order valence-electron chi connectivity index (χ2n) is 5.87. The molecule has 0 fully saturated rings. The highest BCUT2D eigenvalue weighted by atomic mass is 16.5. The summed E-state index contributed by atoms with van der Waals surface area (Å²) in [5, 5.41) is 2.81. The topological polar surface area (TPSA) is 64.6 Å². The van der Waals surface area contributed by atoms with E-state index in [4.69, 9.17) is 9.47 Å². The highest BCUT2D eigenvalue weighted by molar-refractivity contribution is 5.94. The largest absolute Gasteiger partial charge is 0.497 e. The Hall–Kier alpha value is -2.82. The summed E-state index contributed by atoms with van der Waals surface area (Å²) in [6.07, 6.45) is 0.272. The first-order valence-corrected chi connectivity index (χ1v) is 8.13. The van der Waals surface area contributed by atoms with E-state index in [9.17, 15) is 9.59 Å². The van der Waals surface area contributed by atoms with Gasteiger partial charge >= 0.3 is 0 Å². The third-order valence-corrected chi connectivity index (χ3v) is 3.73. The van der Waals surface area contributed by atoms with E-state index in [-0.39, 0.29) is 31.1 Å². The fourth-order valence-electron chi connectivity index (χ4n) is 2.31. The zero-order valence-electron chi connectivity index (χ0n) is 14.8. The maximum Gasteiger partial charge on any atom is 0.224 e. The summed E-state index contributed by atoms with van der Waals surface area (Å²) in [5.41, 5.74) is 2.69. The molecule has 0 aliphatic carbocycles. The molecule has 0 atom stereocenters. The Kier molecular flexibility index (Phi) is 6.57. The SMILES string of the molecule is COc1ccc(NC(=O)CCC(=O)COc2cccc(C)c2)c(C)c1. The van der Waals surface area contributed by atoms with E-state index < -0.39 is 0 Å². The van der Waals surface area contributed by atoms with Gasteiger partial charge in [-0.3, -0.25) is 9.59 Å². The van der Waals surface area contributed by atoms with Crippen LogP contribution in [-0.2, 0) is 9.59 Å². The van der Waals surface area contributed by atoms with Gasteiger partial charge in [0.15, 0.2) is 5.78 Å². The van der Waals surface area contributed by atoms with Crippen molar-refractivity contribution in [2.75, 3.05) is 19.0 Å². The van der Waals surface area contributed by atoms with Crippen LogP contribution >= 0.6 is 0 Å². The number of nitrogens with one attached hydrogen (secondary N) is 1. The number of ketones is 1. The molecule has 0 radical (unpaired) electrons. The highest BCUT2D eigenvalue weighted by Gasteiger charge is 2.10. The Labute approximate surface area is 148 Å². The van der Waals surface area contributed by atoms with Gasteiger partial charge < -0.3 is 14.8 Å². The first kappa shape index (κ1) is 18.5. The molecule has 5 nitrogen and oxygen atoms in total. The van der Waals surface area contributed by atoms with Crippen LogP contribution in [-0.4, -0.2) is 25.4 Å². The normalized spacial score (nSPS) is 10.2.